The third kappa shape index (κ3) is 3.49. The Morgan fingerprint density at radius 2 is 2.08 bits per heavy atom. The van der Waals surface area contributed by atoms with Crippen molar-refractivity contribution < 1.29 is 9.53 Å². The van der Waals surface area contributed by atoms with Gasteiger partial charge in [-0.3, -0.25) is 9.78 Å². The smallest absolute Gasteiger partial charge is 0.274 e. The monoisotopic (exact) mass is 355 g/mol. The van der Waals surface area contributed by atoms with Crippen LogP contribution in [0.4, 0.5) is 0 Å². The van der Waals surface area contributed by atoms with Crippen molar-refractivity contribution in [1.29, 1.82) is 0 Å². The largest absolute Gasteiger partial charge is 0.380 e. The predicted molar refractivity (Wildman–Crippen MR) is 95.5 cm³/mol. The highest BCUT2D eigenvalue weighted by atomic mass is 16.5. The molecule has 4 rings (SSSR count). The van der Waals surface area contributed by atoms with Crippen LogP contribution in [0.3, 0.4) is 0 Å². The molecule has 2 aliphatic rings. The van der Waals surface area contributed by atoms with E-state index in [4.69, 9.17) is 4.74 Å². The van der Waals surface area contributed by atoms with Gasteiger partial charge in [0.05, 0.1) is 31.4 Å². The van der Waals surface area contributed by atoms with Crippen molar-refractivity contribution in [2.24, 2.45) is 13.0 Å². The van der Waals surface area contributed by atoms with E-state index in [2.05, 4.69) is 19.5 Å². The number of carbonyl (C=O) groups is 1. The van der Waals surface area contributed by atoms with Gasteiger partial charge < -0.3 is 14.2 Å². The number of rotatable bonds is 5. The van der Waals surface area contributed by atoms with Crippen LogP contribution in [-0.4, -0.2) is 50.1 Å². The van der Waals surface area contributed by atoms with Crippen molar-refractivity contribution in [2.75, 3.05) is 19.8 Å². The fourth-order valence-electron chi connectivity index (χ4n) is 4.14. The van der Waals surface area contributed by atoms with E-state index in [1.807, 2.05) is 18.3 Å². The highest BCUT2D eigenvalue weighted by Crippen LogP contribution is 2.29. The molecule has 0 saturated heterocycles. The first kappa shape index (κ1) is 17.1. The second kappa shape index (κ2) is 7.53. The van der Waals surface area contributed by atoms with Crippen molar-refractivity contribution in [3.63, 3.8) is 0 Å². The summed E-state index contributed by atoms with van der Waals surface area (Å²) in [5.74, 6) is 0.727. The summed E-state index contributed by atoms with van der Waals surface area (Å²) in [4.78, 5) is 27.2. The summed E-state index contributed by atoms with van der Waals surface area (Å²) in [5, 5.41) is 0. The zero-order chi connectivity index (χ0) is 17.9. The van der Waals surface area contributed by atoms with Crippen LogP contribution in [0.25, 0.3) is 0 Å². The van der Waals surface area contributed by atoms with E-state index >= 15 is 0 Å². The van der Waals surface area contributed by atoms with Gasteiger partial charge in [0.15, 0.2) is 0 Å². The average molecular weight is 355 g/mol. The summed E-state index contributed by atoms with van der Waals surface area (Å²) < 4.78 is 8.12. The first-order valence-electron chi connectivity index (χ1n) is 9.35. The fraction of sp³-hybridized carbons (Fsp3) is 0.579. The quantitative estimate of drug-likeness (QED) is 0.822. The van der Waals surface area contributed by atoms with Gasteiger partial charge >= 0.3 is 0 Å². The SMILES string of the molecule is Cn1cnc2c1C(COCC1CCCC1)CN(C(=O)c1cnccn1)C2. The van der Waals surface area contributed by atoms with Crippen molar-refractivity contribution in [2.45, 2.75) is 38.1 Å². The molecule has 0 N–H and O–H groups in total. The molecule has 7 heteroatoms. The number of aryl methyl sites for hydroxylation is 1. The number of imidazole rings is 1. The Hall–Kier alpha value is -2.28. The molecule has 0 bridgehead atoms. The number of hydrogen-bond donors (Lipinski definition) is 0. The molecular formula is C19H25N5O2. The predicted octanol–water partition coefficient (Wildman–Crippen LogP) is 2.16. The molecule has 1 aliphatic heterocycles. The van der Waals surface area contributed by atoms with Crippen molar-refractivity contribution in [1.82, 2.24) is 24.4 Å². The molecule has 7 nitrogen and oxygen atoms in total. The topological polar surface area (TPSA) is 73.1 Å². The van der Waals surface area contributed by atoms with Crippen LogP contribution in [0, 0.1) is 5.92 Å². The summed E-state index contributed by atoms with van der Waals surface area (Å²) in [5.41, 5.74) is 2.50. The Labute approximate surface area is 153 Å². The molecule has 0 spiro atoms. The van der Waals surface area contributed by atoms with Gasteiger partial charge in [0.2, 0.25) is 0 Å². The van der Waals surface area contributed by atoms with E-state index in [1.54, 1.807) is 12.4 Å². The van der Waals surface area contributed by atoms with E-state index in [0.717, 1.165) is 12.3 Å². The molecule has 1 amide bonds. The molecule has 0 aromatic carbocycles. The van der Waals surface area contributed by atoms with Gasteiger partial charge in [0, 0.05) is 44.2 Å². The van der Waals surface area contributed by atoms with Crippen LogP contribution in [0.1, 0.15) is 53.5 Å². The fourth-order valence-corrected chi connectivity index (χ4v) is 4.14. The zero-order valence-electron chi connectivity index (χ0n) is 15.2. The second-order valence-electron chi connectivity index (χ2n) is 7.35. The Balaban J connectivity index is 1.47. The minimum Gasteiger partial charge on any atom is -0.380 e. The second-order valence-corrected chi connectivity index (χ2v) is 7.35. The standard InChI is InChI=1S/C19H25N5O2/c1-23-13-22-17-10-24(19(25)16-8-20-6-7-21-16)9-15(18(17)23)12-26-11-14-4-2-3-5-14/h6-8,13-15H,2-5,9-12H2,1H3. The normalized spacial score (nSPS) is 20.3. The Morgan fingerprint density at radius 1 is 1.23 bits per heavy atom. The highest BCUT2D eigenvalue weighted by Gasteiger charge is 2.32. The molecule has 1 saturated carbocycles. The molecular weight excluding hydrogens is 330 g/mol. The first-order chi connectivity index (χ1) is 12.7. The number of fused-ring (bicyclic) bond motifs is 1. The summed E-state index contributed by atoms with van der Waals surface area (Å²) in [6.45, 7) is 2.56. The minimum atomic E-state index is -0.102. The Bertz CT molecular complexity index is 755. The lowest BCUT2D eigenvalue weighted by molar-refractivity contribution is 0.0568. The molecule has 3 heterocycles. The van der Waals surface area contributed by atoms with Crippen LogP contribution in [0.15, 0.2) is 24.9 Å². The molecule has 0 radical (unpaired) electrons. The first-order valence-corrected chi connectivity index (χ1v) is 9.35. The van der Waals surface area contributed by atoms with Gasteiger partial charge in [-0.15, -0.1) is 0 Å². The van der Waals surface area contributed by atoms with Gasteiger partial charge in [0.1, 0.15) is 5.69 Å². The van der Waals surface area contributed by atoms with Crippen LogP contribution >= 0.6 is 0 Å². The number of nitrogens with zero attached hydrogens (tertiary/aromatic N) is 5. The maximum atomic E-state index is 12.8. The Kier molecular flexibility index (Phi) is 4.97. The van der Waals surface area contributed by atoms with E-state index < -0.39 is 0 Å². The minimum absolute atomic E-state index is 0.102. The molecule has 1 unspecified atom stereocenters. The summed E-state index contributed by atoms with van der Waals surface area (Å²) >= 11 is 0. The van der Waals surface area contributed by atoms with Gasteiger partial charge in [-0.05, 0) is 18.8 Å². The van der Waals surface area contributed by atoms with Crippen LogP contribution in [0.2, 0.25) is 0 Å². The molecule has 26 heavy (non-hydrogen) atoms. The zero-order valence-corrected chi connectivity index (χ0v) is 15.2. The number of amides is 1. The number of carbonyl (C=O) groups excluding carboxylic acids is 1. The molecule has 1 fully saturated rings. The average Bonchev–Trinajstić information content (AvgIpc) is 3.32. The van der Waals surface area contributed by atoms with E-state index in [1.165, 1.54) is 37.6 Å². The van der Waals surface area contributed by atoms with Crippen LogP contribution in [0.5, 0.6) is 0 Å². The van der Waals surface area contributed by atoms with Crippen molar-refractivity contribution in [3.05, 3.63) is 42.0 Å². The molecule has 138 valence electrons. The third-order valence-corrected chi connectivity index (χ3v) is 5.45. The maximum Gasteiger partial charge on any atom is 0.274 e. The van der Waals surface area contributed by atoms with Crippen molar-refractivity contribution >= 4 is 5.91 Å². The molecule has 2 aromatic rings. The Morgan fingerprint density at radius 3 is 2.85 bits per heavy atom. The van der Waals surface area contributed by atoms with Crippen molar-refractivity contribution in [3.8, 4) is 0 Å². The van der Waals surface area contributed by atoms with Gasteiger partial charge in [-0.2, -0.15) is 0 Å². The van der Waals surface area contributed by atoms with E-state index in [-0.39, 0.29) is 11.8 Å². The number of ether oxygens (including phenoxy) is 1. The third-order valence-electron chi connectivity index (χ3n) is 5.45. The number of aromatic nitrogens is 4. The lowest BCUT2D eigenvalue weighted by Crippen LogP contribution is -2.40. The summed E-state index contributed by atoms with van der Waals surface area (Å²) in [6.07, 6.45) is 11.7. The molecule has 1 aliphatic carbocycles. The molecule has 1 atom stereocenters. The summed E-state index contributed by atoms with van der Waals surface area (Å²) in [6, 6.07) is 0. The number of hydrogen-bond acceptors (Lipinski definition) is 5. The maximum absolute atomic E-state index is 12.8. The summed E-state index contributed by atoms with van der Waals surface area (Å²) in [7, 11) is 2.01. The van der Waals surface area contributed by atoms with Gasteiger partial charge in [-0.1, -0.05) is 12.8 Å². The van der Waals surface area contributed by atoms with Crippen LogP contribution < -0.4 is 0 Å². The highest BCUT2D eigenvalue weighted by molar-refractivity contribution is 5.92. The van der Waals surface area contributed by atoms with Crippen LogP contribution in [-0.2, 0) is 18.3 Å². The van der Waals surface area contributed by atoms with E-state index in [0.29, 0.717) is 31.3 Å². The molecule has 2 aromatic heterocycles. The lowest BCUT2D eigenvalue weighted by atomic mass is 9.98. The van der Waals surface area contributed by atoms with Gasteiger partial charge in [0.25, 0.3) is 5.91 Å². The lowest BCUT2D eigenvalue weighted by Gasteiger charge is -2.32. The van der Waals surface area contributed by atoms with Gasteiger partial charge in [-0.25, -0.2) is 9.97 Å². The van der Waals surface area contributed by atoms with E-state index in [9.17, 15) is 4.79 Å².